The predicted octanol–water partition coefficient (Wildman–Crippen LogP) is 2.82. The number of anilines is 1. The molecule has 146 valence electrons. The van der Waals surface area contributed by atoms with E-state index in [2.05, 4.69) is 10.9 Å². The van der Waals surface area contributed by atoms with E-state index < -0.39 is 17.7 Å². The number of rotatable bonds is 4. The first kappa shape index (κ1) is 20.0. The number of nitrogens with one attached hydrogen (secondary N) is 2. The Bertz CT molecular complexity index is 918. The van der Waals surface area contributed by atoms with Gasteiger partial charge in [0.15, 0.2) is 0 Å². The Morgan fingerprint density at radius 3 is 2.43 bits per heavy atom. The summed E-state index contributed by atoms with van der Waals surface area (Å²) in [6.07, 6.45) is 0.0561. The van der Waals surface area contributed by atoms with E-state index in [1.54, 1.807) is 31.4 Å². The minimum Gasteiger partial charge on any atom is -0.497 e. The lowest BCUT2D eigenvalue weighted by atomic mass is 10.1. The van der Waals surface area contributed by atoms with Gasteiger partial charge in [-0.3, -0.25) is 25.2 Å². The second kappa shape index (κ2) is 8.50. The van der Waals surface area contributed by atoms with Gasteiger partial charge in [0.25, 0.3) is 5.91 Å². The van der Waals surface area contributed by atoms with Gasteiger partial charge in [-0.1, -0.05) is 23.2 Å². The minimum absolute atomic E-state index is 0.0561. The Morgan fingerprint density at radius 2 is 1.79 bits per heavy atom. The molecule has 0 aliphatic carbocycles. The maximum atomic E-state index is 12.4. The van der Waals surface area contributed by atoms with E-state index in [9.17, 15) is 14.4 Å². The molecule has 1 fully saturated rings. The van der Waals surface area contributed by atoms with Gasteiger partial charge in [-0.25, -0.2) is 0 Å². The Labute approximate surface area is 171 Å². The highest BCUT2D eigenvalue weighted by Crippen LogP contribution is 2.27. The number of hydrazine groups is 1. The van der Waals surface area contributed by atoms with Gasteiger partial charge in [0, 0.05) is 24.2 Å². The molecule has 0 saturated carbocycles. The van der Waals surface area contributed by atoms with Crippen LogP contribution in [-0.4, -0.2) is 31.4 Å². The molecule has 0 radical (unpaired) electrons. The van der Waals surface area contributed by atoms with E-state index >= 15 is 0 Å². The maximum absolute atomic E-state index is 12.4. The van der Waals surface area contributed by atoms with Crippen LogP contribution in [0.1, 0.15) is 16.8 Å². The number of nitrogens with zero attached hydrogens (tertiary/aromatic N) is 1. The minimum atomic E-state index is -0.580. The molecule has 3 rings (SSSR count). The average molecular weight is 422 g/mol. The van der Waals surface area contributed by atoms with Crippen LogP contribution in [0.4, 0.5) is 5.69 Å². The standard InChI is InChI=1S/C19H17Cl2N3O4/c1-28-14-5-3-13(4-6-14)24-10-12(9-17(24)25)19(27)23-22-18(26)11-2-7-15(20)16(21)8-11/h2-8,12H,9-10H2,1H3,(H,22,26)(H,23,27)/t12-/m1/s1. The van der Waals surface area contributed by atoms with Gasteiger partial charge < -0.3 is 9.64 Å². The summed E-state index contributed by atoms with van der Waals surface area (Å²) in [6.45, 7) is 0.222. The number of benzene rings is 2. The molecule has 1 atom stereocenters. The lowest BCUT2D eigenvalue weighted by Gasteiger charge is -2.17. The number of hydrogen-bond acceptors (Lipinski definition) is 4. The normalized spacial score (nSPS) is 16.0. The monoisotopic (exact) mass is 421 g/mol. The summed E-state index contributed by atoms with van der Waals surface area (Å²) in [4.78, 5) is 38.3. The van der Waals surface area contributed by atoms with Crippen molar-refractivity contribution < 1.29 is 19.1 Å². The largest absolute Gasteiger partial charge is 0.497 e. The highest BCUT2D eigenvalue weighted by Gasteiger charge is 2.35. The highest BCUT2D eigenvalue weighted by molar-refractivity contribution is 6.42. The van der Waals surface area contributed by atoms with Crippen molar-refractivity contribution in [3.63, 3.8) is 0 Å². The van der Waals surface area contributed by atoms with Crippen molar-refractivity contribution in [1.29, 1.82) is 0 Å². The van der Waals surface area contributed by atoms with Gasteiger partial charge in [-0.2, -0.15) is 0 Å². The van der Waals surface area contributed by atoms with E-state index in [-0.39, 0.29) is 29.5 Å². The Hall–Kier alpha value is -2.77. The van der Waals surface area contributed by atoms with Crippen molar-refractivity contribution in [1.82, 2.24) is 10.9 Å². The molecule has 2 aromatic rings. The Morgan fingerprint density at radius 1 is 1.07 bits per heavy atom. The van der Waals surface area contributed by atoms with Gasteiger partial charge in [0.1, 0.15) is 5.75 Å². The first-order chi connectivity index (χ1) is 13.4. The molecule has 0 aromatic heterocycles. The molecule has 1 saturated heterocycles. The topological polar surface area (TPSA) is 87.7 Å². The first-order valence-electron chi connectivity index (χ1n) is 8.38. The van der Waals surface area contributed by atoms with Crippen molar-refractivity contribution in [2.75, 3.05) is 18.6 Å². The zero-order valence-corrected chi connectivity index (χ0v) is 16.4. The number of amides is 3. The number of methoxy groups -OCH3 is 1. The van der Waals surface area contributed by atoms with Gasteiger partial charge in [-0.15, -0.1) is 0 Å². The molecule has 3 amide bonds. The lowest BCUT2D eigenvalue weighted by Crippen LogP contribution is -2.45. The summed E-state index contributed by atoms with van der Waals surface area (Å²) in [6, 6.07) is 11.4. The Balaban J connectivity index is 1.58. The second-order valence-electron chi connectivity index (χ2n) is 6.18. The molecule has 28 heavy (non-hydrogen) atoms. The van der Waals surface area contributed by atoms with E-state index in [1.165, 1.54) is 23.1 Å². The Kier molecular flexibility index (Phi) is 6.06. The van der Waals surface area contributed by atoms with Crippen molar-refractivity contribution in [3.8, 4) is 5.75 Å². The summed E-state index contributed by atoms with van der Waals surface area (Å²) in [5.41, 5.74) is 5.60. The maximum Gasteiger partial charge on any atom is 0.269 e. The number of carbonyl (C=O) groups excluding carboxylic acids is 3. The molecule has 0 unspecified atom stereocenters. The van der Waals surface area contributed by atoms with Crippen molar-refractivity contribution in [2.24, 2.45) is 5.92 Å². The fourth-order valence-corrected chi connectivity index (χ4v) is 3.12. The van der Waals surface area contributed by atoms with Crippen LogP contribution in [0.15, 0.2) is 42.5 Å². The van der Waals surface area contributed by atoms with Crippen LogP contribution < -0.4 is 20.5 Å². The fraction of sp³-hybridized carbons (Fsp3) is 0.211. The molecule has 9 heteroatoms. The van der Waals surface area contributed by atoms with Gasteiger partial charge in [0.2, 0.25) is 11.8 Å². The third-order valence-electron chi connectivity index (χ3n) is 4.36. The van der Waals surface area contributed by atoms with Crippen LogP contribution in [-0.2, 0) is 9.59 Å². The van der Waals surface area contributed by atoms with E-state index in [0.717, 1.165) is 0 Å². The van der Waals surface area contributed by atoms with Crippen LogP contribution in [0, 0.1) is 5.92 Å². The van der Waals surface area contributed by atoms with Gasteiger partial charge >= 0.3 is 0 Å². The number of carbonyl (C=O) groups is 3. The van der Waals surface area contributed by atoms with E-state index in [0.29, 0.717) is 16.5 Å². The van der Waals surface area contributed by atoms with Crippen LogP contribution in [0.3, 0.4) is 0 Å². The molecule has 1 heterocycles. The van der Waals surface area contributed by atoms with Crippen molar-refractivity contribution in [3.05, 3.63) is 58.1 Å². The third kappa shape index (κ3) is 4.37. The molecule has 0 bridgehead atoms. The molecular weight excluding hydrogens is 405 g/mol. The molecule has 7 nitrogen and oxygen atoms in total. The SMILES string of the molecule is COc1ccc(N2C[C@H](C(=O)NNC(=O)c3ccc(Cl)c(Cl)c3)CC2=O)cc1. The van der Waals surface area contributed by atoms with Crippen molar-refractivity contribution >= 4 is 46.6 Å². The predicted molar refractivity (Wildman–Crippen MR) is 106 cm³/mol. The zero-order valence-electron chi connectivity index (χ0n) is 14.9. The lowest BCUT2D eigenvalue weighted by molar-refractivity contribution is -0.126. The van der Waals surface area contributed by atoms with Crippen molar-refractivity contribution in [2.45, 2.75) is 6.42 Å². The number of halogens is 2. The fourth-order valence-electron chi connectivity index (χ4n) is 2.82. The summed E-state index contributed by atoms with van der Waals surface area (Å²) >= 11 is 11.7. The molecule has 1 aliphatic heterocycles. The number of hydrogen-bond donors (Lipinski definition) is 2. The van der Waals surface area contributed by atoms with E-state index in [1.807, 2.05) is 0 Å². The number of ether oxygens (including phenoxy) is 1. The van der Waals surface area contributed by atoms with Crippen LogP contribution in [0.25, 0.3) is 0 Å². The van der Waals surface area contributed by atoms with Gasteiger partial charge in [-0.05, 0) is 42.5 Å². The second-order valence-corrected chi connectivity index (χ2v) is 6.99. The third-order valence-corrected chi connectivity index (χ3v) is 5.10. The molecule has 2 N–H and O–H groups in total. The smallest absolute Gasteiger partial charge is 0.269 e. The summed E-state index contributed by atoms with van der Waals surface area (Å²) < 4.78 is 5.10. The first-order valence-corrected chi connectivity index (χ1v) is 9.14. The highest BCUT2D eigenvalue weighted by atomic mass is 35.5. The van der Waals surface area contributed by atoms with Crippen LogP contribution in [0.5, 0.6) is 5.75 Å². The van der Waals surface area contributed by atoms with Crippen LogP contribution >= 0.6 is 23.2 Å². The quantitative estimate of drug-likeness (QED) is 0.742. The van der Waals surface area contributed by atoms with Gasteiger partial charge in [0.05, 0.1) is 23.1 Å². The van der Waals surface area contributed by atoms with E-state index in [4.69, 9.17) is 27.9 Å². The molecule has 1 aliphatic rings. The zero-order chi connectivity index (χ0) is 20.3. The summed E-state index contributed by atoms with van der Waals surface area (Å²) in [5.74, 6) is -1.06. The summed E-state index contributed by atoms with van der Waals surface area (Å²) in [5, 5.41) is 0.558. The average Bonchev–Trinajstić information content (AvgIpc) is 3.09. The summed E-state index contributed by atoms with van der Waals surface area (Å²) in [7, 11) is 1.56. The molecular formula is C19H17Cl2N3O4. The molecule has 2 aromatic carbocycles. The van der Waals surface area contributed by atoms with Crippen LogP contribution in [0.2, 0.25) is 10.0 Å². The molecule has 0 spiro atoms.